The van der Waals surface area contributed by atoms with Crippen LogP contribution in [0.2, 0.25) is 0 Å². The van der Waals surface area contributed by atoms with Gasteiger partial charge in [0.05, 0.1) is 5.69 Å². The van der Waals surface area contributed by atoms with Crippen LogP contribution in [0.25, 0.3) is 5.69 Å². The third kappa shape index (κ3) is 3.50. The van der Waals surface area contributed by atoms with E-state index in [1.807, 2.05) is 13.0 Å². The van der Waals surface area contributed by atoms with E-state index in [0.29, 0.717) is 25.2 Å². The summed E-state index contributed by atoms with van der Waals surface area (Å²) in [6.07, 6.45) is 0.615. The van der Waals surface area contributed by atoms with Crippen LogP contribution < -0.4 is 16.6 Å². The fourth-order valence-electron chi connectivity index (χ4n) is 1.94. The van der Waals surface area contributed by atoms with Gasteiger partial charge in [-0.05, 0) is 37.6 Å². The van der Waals surface area contributed by atoms with Crippen LogP contribution in [0.15, 0.2) is 35.1 Å². The molecule has 0 saturated heterocycles. The number of nitrogens with two attached hydrogens (primary N) is 1. The molecule has 1 amide bonds. The fraction of sp³-hybridized carbons (Fsp3) is 0.267. The number of hydrogen-bond acceptors (Lipinski definition) is 5. The highest BCUT2D eigenvalue weighted by Gasteiger charge is 2.16. The van der Waals surface area contributed by atoms with Crippen molar-refractivity contribution < 1.29 is 9.90 Å². The summed E-state index contributed by atoms with van der Waals surface area (Å²) >= 11 is 0. The number of carbonyl (C=O) groups is 1. The van der Waals surface area contributed by atoms with Crippen LogP contribution >= 0.6 is 0 Å². The molecule has 1 aromatic heterocycles. The molecule has 7 heteroatoms. The second-order valence-electron chi connectivity index (χ2n) is 4.87. The van der Waals surface area contributed by atoms with Gasteiger partial charge in [0.15, 0.2) is 11.4 Å². The van der Waals surface area contributed by atoms with Crippen molar-refractivity contribution in [1.82, 2.24) is 15.1 Å². The van der Waals surface area contributed by atoms with E-state index in [2.05, 4.69) is 10.4 Å². The molecular formula is C15H18N4O3. The molecule has 1 heterocycles. The summed E-state index contributed by atoms with van der Waals surface area (Å²) in [5.41, 5.74) is 6.13. The highest BCUT2D eigenvalue weighted by Crippen LogP contribution is 2.13. The highest BCUT2D eigenvalue weighted by molar-refractivity contribution is 5.94. The van der Waals surface area contributed by atoms with Crippen molar-refractivity contribution in [1.29, 1.82) is 0 Å². The predicted octanol–water partition coefficient (Wildman–Crippen LogP) is 0.325. The maximum absolute atomic E-state index is 12.0. The molecule has 2 aromatic rings. The number of aromatic hydroxyl groups is 1. The summed E-state index contributed by atoms with van der Waals surface area (Å²) in [5.74, 6) is -0.994. The van der Waals surface area contributed by atoms with Gasteiger partial charge in [0.2, 0.25) is 0 Å². The van der Waals surface area contributed by atoms with Crippen molar-refractivity contribution in [3.05, 3.63) is 51.9 Å². The van der Waals surface area contributed by atoms with Crippen LogP contribution in [0.5, 0.6) is 5.75 Å². The van der Waals surface area contributed by atoms with Crippen molar-refractivity contribution >= 4 is 5.91 Å². The van der Waals surface area contributed by atoms with Gasteiger partial charge < -0.3 is 16.2 Å². The Labute approximate surface area is 127 Å². The van der Waals surface area contributed by atoms with Crippen LogP contribution in [-0.2, 0) is 0 Å². The van der Waals surface area contributed by atoms with E-state index >= 15 is 0 Å². The topological polar surface area (TPSA) is 110 Å². The first kappa shape index (κ1) is 15.7. The van der Waals surface area contributed by atoms with Crippen molar-refractivity contribution in [3.63, 3.8) is 0 Å². The minimum atomic E-state index is -0.549. The van der Waals surface area contributed by atoms with Crippen LogP contribution in [0.1, 0.15) is 22.5 Å². The molecule has 2 rings (SSSR count). The third-order valence-corrected chi connectivity index (χ3v) is 3.04. The van der Waals surface area contributed by atoms with Gasteiger partial charge in [-0.2, -0.15) is 9.78 Å². The minimum absolute atomic E-state index is 0.196. The maximum Gasteiger partial charge on any atom is 0.275 e. The molecule has 0 radical (unpaired) electrons. The molecule has 4 N–H and O–H groups in total. The summed E-state index contributed by atoms with van der Waals surface area (Å²) in [7, 11) is 0. The number of aromatic nitrogens is 2. The van der Waals surface area contributed by atoms with E-state index in [4.69, 9.17) is 5.73 Å². The zero-order valence-electron chi connectivity index (χ0n) is 12.2. The molecule has 0 aliphatic rings. The molecule has 116 valence electrons. The zero-order valence-corrected chi connectivity index (χ0v) is 12.2. The Morgan fingerprint density at radius 3 is 2.86 bits per heavy atom. The largest absolute Gasteiger partial charge is 0.505 e. The van der Waals surface area contributed by atoms with Crippen LogP contribution in [0, 0.1) is 6.92 Å². The Balaban J connectivity index is 2.39. The Morgan fingerprint density at radius 1 is 1.41 bits per heavy atom. The molecule has 0 atom stereocenters. The van der Waals surface area contributed by atoms with Crippen LogP contribution in [0.4, 0.5) is 0 Å². The second kappa shape index (κ2) is 6.86. The average Bonchev–Trinajstić information content (AvgIpc) is 2.47. The summed E-state index contributed by atoms with van der Waals surface area (Å²) in [6.45, 7) is 2.71. The molecule has 1 aromatic carbocycles. The van der Waals surface area contributed by atoms with Crippen molar-refractivity contribution in [2.75, 3.05) is 13.1 Å². The Morgan fingerprint density at radius 2 is 2.18 bits per heavy atom. The molecule has 0 unspecified atom stereocenters. The number of amides is 1. The zero-order chi connectivity index (χ0) is 16.1. The van der Waals surface area contributed by atoms with Gasteiger partial charge in [-0.15, -0.1) is 0 Å². The van der Waals surface area contributed by atoms with Gasteiger partial charge >= 0.3 is 0 Å². The Kier molecular flexibility index (Phi) is 4.90. The molecule has 0 spiro atoms. The number of rotatable bonds is 5. The van der Waals surface area contributed by atoms with E-state index in [0.717, 1.165) is 16.3 Å². The van der Waals surface area contributed by atoms with Crippen molar-refractivity contribution in [2.24, 2.45) is 5.73 Å². The highest BCUT2D eigenvalue weighted by atomic mass is 16.3. The molecule has 0 aliphatic heterocycles. The summed E-state index contributed by atoms with van der Waals surface area (Å²) in [4.78, 5) is 24.0. The standard InChI is InChI=1S/C15H18N4O3/c1-10-4-2-5-11(8-10)19-13(21)9-12(20)14(18-19)15(22)17-7-3-6-16/h2,4-5,8-9,20H,3,6-7,16H2,1H3,(H,17,22). The van der Waals surface area contributed by atoms with Gasteiger partial charge in [0.1, 0.15) is 0 Å². The van der Waals surface area contributed by atoms with Crippen LogP contribution in [-0.4, -0.2) is 33.9 Å². The van der Waals surface area contributed by atoms with Crippen LogP contribution in [0.3, 0.4) is 0 Å². The van der Waals surface area contributed by atoms with Crippen molar-refractivity contribution in [3.8, 4) is 11.4 Å². The Hall–Kier alpha value is -2.67. The van der Waals surface area contributed by atoms with Gasteiger partial charge in [0, 0.05) is 12.6 Å². The molecule has 0 fully saturated rings. The number of benzene rings is 1. The molecule has 22 heavy (non-hydrogen) atoms. The van der Waals surface area contributed by atoms with E-state index in [-0.39, 0.29) is 5.69 Å². The quantitative estimate of drug-likeness (QED) is 0.689. The molecule has 0 aliphatic carbocycles. The lowest BCUT2D eigenvalue weighted by molar-refractivity contribution is 0.0943. The summed E-state index contributed by atoms with van der Waals surface area (Å²) in [5, 5.41) is 16.3. The summed E-state index contributed by atoms with van der Waals surface area (Å²) < 4.78 is 1.09. The number of carbonyl (C=O) groups excluding carboxylic acids is 1. The lowest BCUT2D eigenvalue weighted by atomic mass is 10.2. The Bertz CT molecular complexity index is 740. The lowest BCUT2D eigenvalue weighted by Crippen LogP contribution is -2.30. The SMILES string of the molecule is Cc1cccc(-n2nc(C(=O)NCCCN)c(O)cc2=O)c1. The predicted molar refractivity (Wildman–Crippen MR) is 82.2 cm³/mol. The van der Waals surface area contributed by atoms with Gasteiger partial charge in [0.25, 0.3) is 11.5 Å². The molecule has 0 bridgehead atoms. The fourth-order valence-corrected chi connectivity index (χ4v) is 1.94. The van der Waals surface area contributed by atoms with Gasteiger partial charge in [-0.1, -0.05) is 12.1 Å². The smallest absolute Gasteiger partial charge is 0.275 e. The first-order valence-corrected chi connectivity index (χ1v) is 6.91. The normalized spacial score (nSPS) is 10.5. The van der Waals surface area contributed by atoms with Gasteiger partial charge in [-0.3, -0.25) is 9.59 Å². The first-order valence-electron chi connectivity index (χ1n) is 6.91. The molecule has 7 nitrogen and oxygen atoms in total. The number of hydrogen-bond donors (Lipinski definition) is 3. The molecule has 0 saturated carbocycles. The number of aryl methyl sites for hydroxylation is 1. The van der Waals surface area contributed by atoms with E-state index < -0.39 is 17.2 Å². The van der Waals surface area contributed by atoms with E-state index in [1.165, 1.54) is 0 Å². The van der Waals surface area contributed by atoms with E-state index in [1.54, 1.807) is 18.2 Å². The second-order valence-corrected chi connectivity index (χ2v) is 4.87. The summed E-state index contributed by atoms with van der Waals surface area (Å²) in [6, 6.07) is 8.12. The molecular weight excluding hydrogens is 284 g/mol. The monoisotopic (exact) mass is 302 g/mol. The van der Waals surface area contributed by atoms with Crippen molar-refractivity contribution in [2.45, 2.75) is 13.3 Å². The number of nitrogens with zero attached hydrogens (tertiary/aromatic N) is 2. The lowest BCUT2D eigenvalue weighted by Gasteiger charge is -2.09. The number of nitrogens with one attached hydrogen (secondary N) is 1. The maximum atomic E-state index is 12.0. The minimum Gasteiger partial charge on any atom is -0.505 e. The first-order chi connectivity index (χ1) is 10.5. The average molecular weight is 302 g/mol. The van der Waals surface area contributed by atoms with Gasteiger partial charge in [-0.25, -0.2) is 0 Å². The third-order valence-electron chi connectivity index (χ3n) is 3.04. The van der Waals surface area contributed by atoms with E-state index in [9.17, 15) is 14.7 Å².